The van der Waals surface area contributed by atoms with Crippen molar-refractivity contribution in [2.75, 3.05) is 10.0 Å². The number of rotatable bonds is 6. The number of halogens is 3. The number of nitrogens with two attached hydrogens (primary N) is 1. The van der Waals surface area contributed by atoms with Gasteiger partial charge in [0, 0.05) is 22.6 Å². The van der Waals surface area contributed by atoms with Crippen LogP contribution in [0, 0.1) is 0 Å². The zero-order chi connectivity index (χ0) is 23.0. The molecule has 2 aliphatic carbocycles. The van der Waals surface area contributed by atoms with E-state index >= 15 is 0 Å². The first kappa shape index (κ1) is 27.9. The van der Waals surface area contributed by atoms with Crippen molar-refractivity contribution in [2.24, 2.45) is 5.73 Å². The molecule has 9 nitrogen and oxygen atoms in total. The number of imidazole rings is 1. The molecule has 0 saturated heterocycles. The highest BCUT2D eigenvalue weighted by Crippen LogP contribution is 2.34. The molecule has 3 aromatic rings. The van der Waals surface area contributed by atoms with Crippen molar-refractivity contribution in [1.29, 1.82) is 0 Å². The van der Waals surface area contributed by atoms with E-state index in [9.17, 15) is 8.42 Å². The average Bonchev–Trinajstić information content (AvgIpc) is 3.45. The van der Waals surface area contributed by atoms with Gasteiger partial charge in [0.25, 0.3) is 10.0 Å². The van der Waals surface area contributed by atoms with Crippen molar-refractivity contribution in [3.05, 3.63) is 35.1 Å². The Morgan fingerprint density at radius 1 is 0.971 bits per heavy atom. The molecule has 0 amide bonds. The fraction of sp³-hybridized carbons (Fsp3) is 0.500. The fourth-order valence-corrected chi connectivity index (χ4v) is 6.02. The van der Waals surface area contributed by atoms with Crippen molar-refractivity contribution >= 4 is 73.7 Å². The molecule has 13 heteroatoms. The summed E-state index contributed by atoms with van der Waals surface area (Å²) in [5.41, 5.74) is 7.16. The average molecular weight is 607 g/mol. The molecule has 0 spiro atoms. The lowest BCUT2D eigenvalue weighted by molar-refractivity contribution is 0.410. The Kier molecular flexibility index (Phi) is 9.25. The Morgan fingerprint density at radius 3 is 2.29 bits per heavy atom. The predicted molar refractivity (Wildman–Crippen MR) is 146 cm³/mol. The lowest BCUT2D eigenvalue weighted by atomic mass is 9.92. The van der Waals surface area contributed by atoms with Gasteiger partial charge in [-0.05, 0) is 62.8 Å². The van der Waals surface area contributed by atoms with Gasteiger partial charge < -0.3 is 15.6 Å². The van der Waals surface area contributed by atoms with Crippen LogP contribution in [-0.2, 0) is 10.0 Å². The molecular weight excluding hydrogens is 577 g/mol. The molecule has 0 radical (unpaired) electrons. The summed E-state index contributed by atoms with van der Waals surface area (Å²) in [5, 5.41) is 3.41. The monoisotopic (exact) mass is 605 g/mol. The summed E-state index contributed by atoms with van der Waals surface area (Å²) in [5.74, 6) is 0.603. The Morgan fingerprint density at radius 2 is 1.63 bits per heavy atom. The van der Waals surface area contributed by atoms with E-state index in [2.05, 4.69) is 40.5 Å². The number of benzene rings is 1. The summed E-state index contributed by atoms with van der Waals surface area (Å²) in [4.78, 5) is 14.0. The largest absolute Gasteiger partial charge is 0.351 e. The van der Waals surface area contributed by atoms with Crippen LogP contribution in [0.25, 0.3) is 11.2 Å². The smallest absolute Gasteiger partial charge is 0.263 e. The van der Waals surface area contributed by atoms with E-state index in [0.717, 1.165) is 43.0 Å². The van der Waals surface area contributed by atoms with E-state index in [-0.39, 0.29) is 47.6 Å². The summed E-state index contributed by atoms with van der Waals surface area (Å²) in [6.45, 7) is 0. The SMILES string of the molecule is Cl.Cl.NC1CCC(Nc2nc(NS(=O)(=O)c3ccc(Br)cc3)c3ncn(C4CCCC4)c3n2)CC1. The van der Waals surface area contributed by atoms with Gasteiger partial charge in [-0.1, -0.05) is 28.8 Å². The van der Waals surface area contributed by atoms with Crippen LogP contribution in [0.1, 0.15) is 57.4 Å². The summed E-state index contributed by atoms with van der Waals surface area (Å²) < 4.78 is 31.7. The van der Waals surface area contributed by atoms with E-state index in [1.54, 1.807) is 30.6 Å². The molecule has 0 bridgehead atoms. The van der Waals surface area contributed by atoms with Crippen molar-refractivity contribution in [3.63, 3.8) is 0 Å². The van der Waals surface area contributed by atoms with Gasteiger partial charge in [-0.15, -0.1) is 24.8 Å². The van der Waals surface area contributed by atoms with Crippen LogP contribution in [0.3, 0.4) is 0 Å². The topological polar surface area (TPSA) is 128 Å². The van der Waals surface area contributed by atoms with Crippen LogP contribution in [-0.4, -0.2) is 40.0 Å². The summed E-state index contributed by atoms with van der Waals surface area (Å²) in [7, 11) is -3.84. The third kappa shape index (κ3) is 6.19. The van der Waals surface area contributed by atoms with Crippen LogP contribution in [0.5, 0.6) is 0 Å². The van der Waals surface area contributed by atoms with Gasteiger partial charge in [0.15, 0.2) is 17.0 Å². The number of hydrogen-bond donors (Lipinski definition) is 3. The van der Waals surface area contributed by atoms with E-state index in [1.807, 2.05) is 0 Å². The molecule has 0 atom stereocenters. The number of sulfonamides is 1. The zero-order valence-electron chi connectivity index (χ0n) is 19.1. The lowest BCUT2D eigenvalue weighted by Crippen LogP contribution is -2.33. The highest BCUT2D eigenvalue weighted by Gasteiger charge is 2.25. The number of hydrogen-bond acceptors (Lipinski definition) is 7. The Balaban J connectivity index is 0.00000171. The van der Waals surface area contributed by atoms with Gasteiger partial charge in [-0.2, -0.15) is 9.97 Å². The molecule has 4 N–H and O–H groups in total. The highest BCUT2D eigenvalue weighted by molar-refractivity contribution is 9.10. The maximum atomic E-state index is 13.1. The van der Waals surface area contributed by atoms with E-state index < -0.39 is 10.0 Å². The maximum Gasteiger partial charge on any atom is 0.263 e. The molecule has 192 valence electrons. The molecule has 35 heavy (non-hydrogen) atoms. The second-order valence-corrected chi connectivity index (χ2v) is 11.6. The first-order valence-electron chi connectivity index (χ1n) is 11.4. The minimum absolute atomic E-state index is 0. The number of nitrogens with one attached hydrogen (secondary N) is 2. The number of fused-ring (bicyclic) bond motifs is 1. The third-order valence-corrected chi connectivity index (χ3v) is 8.48. The van der Waals surface area contributed by atoms with Crippen molar-refractivity contribution < 1.29 is 8.42 Å². The van der Waals surface area contributed by atoms with Crippen molar-refractivity contribution in [3.8, 4) is 0 Å². The summed E-state index contributed by atoms with van der Waals surface area (Å²) >= 11 is 3.34. The Hall–Kier alpha value is -1.66. The van der Waals surface area contributed by atoms with Crippen LogP contribution in [0.15, 0.2) is 40.0 Å². The second-order valence-electron chi connectivity index (χ2n) is 8.97. The number of nitrogens with zero attached hydrogens (tertiary/aromatic N) is 4. The molecule has 2 fully saturated rings. The summed E-state index contributed by atoms with van der Waals surface area (Å²) in [6.07, 6.45) is 10.0. The fourth-order valence-electron chi connectivity index (χ4n) is 4.75. The highest BCUT2D eigenvalue weighted by atomic mass is 79.9. The molecule has 0 unspecified atom stereocenters. The lowest BCUT2D eigenvalue weighted by Gasteiger charge is -2.27. The molecule has 2 heterocycles. The summed E-state index contributed by atoms with van der Waals surface area (Å²) in [6, 6.07) is 7.25. The minimum Gasteiger partial charge on any atom is -0.351 e. The molecule has 5 rings (SSSR count). The molecule has 2 aliphatic rings. The molecule has 1 aromatic carbocycles. The van der Waals surface area contributed by atoms with Crippen LogP contribution in [0.4, 0.5) is 11.8 Å². The maximum absolute atomic E-state index is 13.1. The number of anilines is 2. The van der Waals surface area contributed by atoms with Crippen molar-refractivity contribution in [1.82, 2.24) is 19.5 Å². The Labute approximate surface area is 226 Å². The zero-order valence-corrected chi connectivity index (χ0v) is 23.1. The van der Waals surface area contributed by atoms with E-state index in [1.165, 1.54) is 12.8 Å². The van der Waals surface area contributed by atoms with Gasteiger partial charge >= 0.3 is 0 Å². The minimum atomic E-state index is -3.84. The number of aromatic nitrogens is 4. The van der Waals surface area contributed by atoms with Crippen LogP contribution < -0.4 is 15.8 Å². The van der Waals surface area contributed by atoms with Gasteiger partial charge in [-0.25, -0.2) is 13.4 Å². The van der Waals surface area contributed by atoms with Gasteiger partial charge in [0.1, 0.15) is 0 Å². The third-order valence-electron chi connectivity index (χ3n) is 6.60. The Bertz CT molecular complexity index is 1240. The van der Waals surface area contributed by atoms with E-state index in [0.29, 0.717) is 23.2 Å². The first-order chi connectivity index (χ1) is 15.9. The van der Waals surface area contributed by atoms with E-state index in [4.69, 9.17) is 10.7 Å². The molecule has 0 aliphatic heterocycles. The molecule has 2 saturated carbocycles. The quantitative estimate of drug-likeness (QED) is 0.359. The second kappa shape index (κ2) is 11.6. The van der Waals surface area contributed by atoms with Gasteiger partial charge in [0.2, 0.25) is 5.95 Å². The van der Waals surface area contributed by atoms with Crippen LogP contribution in [0.2, 0.25) is 0 Å². The van der Waals surface area contributed by atoms with Crippen LogP contribution >= 0.6 is 40.7 Å². The molecule has 2 aromatic heterocycles. The van der Waals surface area contributed by atoms with Gasteiger partial charge in [0.05, 0.1) is 11.2 Å². The predicted octanol–water partition coefficient (Wildman–Crippen LogP) is 5.03. The van der Waals surface area contributed by atoms with Crippen molar-refractivity contribution in [2.45, 2.75) is 74.4 Å². The molecular formula is C22H30BrCl2N7O2S. The van der Waals surface area contributed by atoms with Gasteiger partial charge in [-0.3, -0.25) is 4.72 Å². The normalized spacial score (nSPS) is 20.7. The standard InChI is InChI=1S/C22H28BrN7O2S.2ClH/c23-14-5-11-18(12-6-14)33(31,32)29-20-19-21(30(13-25-19)17-3-1-2-4-17)28-22(27-20)26-16-9-7-15(24)8-10-16;;/h5-6,11-13,15-17H,1-4,7-10,24H2,(H2,26,27,28,29);2*1H. The first-order valence-corrected chi connectivity index (χ1v) is 13.7.